The summed E-state index contributed by atoms with van der Waals surface area (Å²) in [5.74, 6) is 0.619. The molecule has 1 aliphatic heterocycles. The molecule has 0 aromatic carbocycles. The Morgan fingerprint density at radius 2 is 2.05 bits per heavy atom. The van der Waals surface area contributed by atoms with Crippen molar-refractivity contribution in [3.63, 3.8) is 0 Å². The Labute approximate surface area is 130 Å². The SMILES string of the molecule is CN(C)S(=O)(=O)NCCNc1cc(N2CCOCC2)cnn1. The van der Waals surface area contributed by atoms with Crippen LogP contribution in [-0.4, -0.2) is 76.4 Å². The fourth-order valence-electron chi connectivity index (χ4n) is 1.94. The Balaban J connectivity index is 1.83. The smallest absolute Gasteiger partial charge is 0.278 e. The zero-order valence-electron chi connectivity index (χ0n) is 12.8. The first-order chi connectivity index (χ1) is 10.5. The van der Waals surface area contributed by atoms with E-state index in [2.05, 4.69) is 25.1 Å². The standard InChI is InChI=1S/C12H22N6O3S/c1-17(2)22(19,20)15-4-3-13-12-9-11(10-14-16-12)18-5-7-21-8-6-18/h9-10,15H,3-8H2,1-2H3,(H,13,16). The van der Waals surface area contributed by atoms with Crippen molar-refractivity contribution < 1.29 is 13.2 Å². The van der Waals surface area contributed by atoms with E-state index in [0.717, 1.165) is 23.1 Å². The summed E-state index contributed by atoms with van der Waals surface area (Å²) < 4.78 is 32.0. The highest BCUT2D eigenvalue weighted by Gasteiger charge is 2.13. The maximum Gasteiger partial charge on any atom is 0.278 e. The van der Waals surface area contributed by atoms with Crippen molar-refractivity contribution in [1.82, 2.24) is 19.2 Å². The molecule has 0 amide bonds. The number of anilines is 2. The van der Waals surface area contributed by atoms with E-state index in [1.54, 1.807) is 6.20 Å². The van der Waals surface area contributed by atoms with Crippen molar-refractivity contribution >= 4 is 21.7 Å². The average Bonchev–Trinajstić information content (AvgIpc) is 2.53. The topological polar surface area (TPSA) is 99.7 Å². The minimum absolute atomic E-state index is 0.268. The van der Waals surface area contributed by atoms with Crippen LogP contribution in [0.4, 0.5) is 11.5 Å². The molecule has 0 atom stereocenters. The molecule has 1 aromatic heterocycles. The van der Waals surface area contributed by atoms with E-state index in [1.807, 2.05) is 6.07 Å². The molecule has 22 heavy (non-hydrogen) atoms. The van der Waals surface area contributed by atoms with Crippen LogP contribution in [0.1, 0.15) is 0 Å². The van der Waals surface area contributed by atoms with E-state index in [4.69, 9.17) is 4.74 Å². The summed E-state index contributed by atoms with van der Waals surface area (Å²) in [6.07, 6.45) is 1.71. The van der Waals surface area contributed by atoms with Crippen LogP contribution in [0.3, 0.4) is 0 Å². The highest BCUT2D eigenvalue weighted by molar-refractivity contribution is 7.87. The van der Waals surface area contributed by atoms with Crippen molar-refractivity contribution in [3.05, 3.63) is 12.3 Å². The van der Waals surface area contributed by atoms with Crippen LogP contribution in [0.25, 0.3) is 0 Å². The minimum atomic E-state index is -3.39. The number of hydrogen-bond acceptors (Lipinski definition) is 7. The molecule has 1 saturated heterocycles. The van der Waals surface area contributed by atoms with Crippen LogP contribution in [0.2, 0.25) is 0 Å². The molecule has 0 spiro atoms. The number of rotatable bonds is 7. The number of ether oxygens (including phenoxy) is 1. The molecule has 0 saturated carbocycles. The van der Waals surface area contributed by atoms with Crippen molar-refractivity contribution in [2.24, 2.45) is 0 Å². The Hall–Kier alpha value is -1.49. The first-order valence-corrected chi connectivity index (χ1v) is 8.49. The van der Waals surface area contributed by atoms with E-state index in [-0.39, 0.29) is 6.54 Å². The Morgan fingerprint density at radius 1 is 1.32 bits per heavy atom. The fourth-order valence-corrected chi connectivity index (χ4v) is 2.56. The lowest BCUT2D eigenvalue weighted by Gasteiger charge is -2.28. The lowest BCUT2D eigenvalue weighted by Crippen LogP contribution is -2.38. The van der Waals surface area contributed by atoms with Gasteiger partial charge in [0.25, 0.3) is 10.2 Å². The quantitative estimate of drug-likeness (QED) is 0.626. The molecule has 2 heterocycles. The van der Waals surface area contributed by atoms with Gasteiger partial charge in [0.1, 0.15) is 0 Å². The molecule has 9 nitrogen and oxygen atoms in total. The minimum Gasteiger partial charge on any atom is -0.378 e. The maximum absolute atomic E-state index is 11.5. The van der Waals surface area contributed by atoms with Gasteiger partial charge in [-0.3, -0.25) is 0 Å². The first kappa shape index (κ1) is 16.9. The molecule has 2 N–H and O–H groups in total. The zero-order chi connectivity index (χ0) is 16.0. The fraction of sp³-hybridized carbons (Fsp3) is 0.667. The highest BCUT2D eigenvalue weighted by atomic mass is 32.2. The van der Waals surface area contributed by atoms with Crippen LogP contribution >= 0.6 is 0 Å². The molecule has 2 rings (SSSR count). The first-order valence-electron chi connectivity index (χ1n) is 7.05. The summed E-state index contributed by atoms with van der Waals surface area (Å²) in [6, 6.07) is 1.90. The van der Waals surface area contributed by atoms with E-state index >= 15 is 0 Å². The summed E-state index contributed by atoms with van der Waals surface area (Å²) in [6.45, 7) is 3.76. The molecule has 10 heteroatoms. The molecule has 1 aromatic rings. The Kier molecular flexibility index (Phi) is 5.89. The van der Waals surface area contributed by atoms with E-state index in [9.17, 15) is 8.42 Å². The van der Waals surface area contributed by atoms with Crippen molar-refractivity contribution in [3.8, 4) is 0 Å². The van der Waals surface area contributed by atoms with Gasteiger partial charge in [-0.25, -0.2) is 4.72 Å². The summed E-state index contributed by atoms with van der Waals surface area (Å²) in [4.78, 5) is 2.18. The summed E-state index contributed by atoms with van der Waals surface area (Å²) >= 11 is 0. The van der Waals surface area contributed by atoms with Gasteiger partial charge in [0.05, 0.1) is 25.1 Å². The van der Waals surface area contributed by atoms with Crippen LogP contribution in [-0.2, 0) is 14.9 Å². The summed E-state index contributed by atoms with van der Waals surface area (Å²) in [5.41, 5.74) is 0.981. The molecule has 124 valence electrons. The van der Waals surface area contributed by atoms with E-state index < -0.39 is 10.2 Å². The van der Waals surface area contributed by atoms with Gasteiger partial charge in [-0.15, -0.1) is 5.10 Å². The Bertz CT molecular complexity index is 574. The molecule has 0 aliphatic carbocycles. The number of nitrogens with one attached hydrogen (secondary N) is 2. The van der Waals surface area contributed by atoms with E-state index in [1.165, 1.54) is 14.1 Å². The zero-order valence-corrected chi connectivity index (χ0v) is 13.6. The number of hydrogen-bond donors (Lipinski definition) is 2. The highest BCUT2D eigenvalue weighted by Crippen LogP contribution is 2.16. The number of morpholine rings is 1. The molecule has 0 bridgehead atoms. The van der Waals surface area contributed by atoms with E-state index in [0.29, 0.717) is 25.6 Å². The van der Waals surface area contributed by atoms with Gasteiger partial charge in [-0.1, -0.05) is 0 Å². The largest absolute Gasteiger partial charge is 0.378 e. The second kappa shape index (κ2) is 7.68. The molecule has 1 fully saturated rings. The Morgan fingerprint density at radius 3 is 2.73 bits per heavy atom. The second-order valence-corrected chi connectivity index (χ2v) is 6.98. The summed E-state index contributed by atoms with van der Waals surface area (Å²) in [7, 11) is -0.434. The van der Waals surface area contributed by atoms with Crippen LogP contribution in [0.5, 0.6) is 0 Å². The van der Waals surface area contributed by atoms with Gasteiger partial charge < -0.3 is 15.0 Å². The van der Waals surface area contributed by atoms with Crippen molar-refractivity contribution in [1.29, 1.82) is 0 Å². The van der Waals surface area contributed by atoms with Crippen LogP contribution < -0.4 is 14.9 Å². The molecule has 0 radical (unpaired) electrons. The van der Waals surface area contributed by atoms with Crippen molar-refractivity contribution in [2.75, 3.05) is 63.7 Å². The molecule has 1 aliphatic rings. The third-order valence-corrected chi connectivity index (χ3v) is 4.74. The normalized spacial score (nSPS) is 16.0. The predicted molar refractivity (Wildman–Crippen MR) is 84.2 cm³/mol. The van der Waals surface area contributed by atoms with Gasteiger partial charge >= 0.3 is 0 Å². The maximum atomic E-state index is 11.5. The van der Waals surface area contributed by atoms with Crippen LogP contribution in [0, 0.1) is 0 Å². The lowest BCUT2D eigenvalue weighted by molar-refractivity contribution is 0.122. The number of nitrogens with zero attached hydrogens (tertiary/aromatic N) is 4. The van der Waals surface area contributed by atoms with Crippen molar-refractivity contribution in [2.45, 2.75) is 0 Å². The van der Waals surface area contributed by atoms with Gasteiger partial charge in [0.15, 0.2) is 5.82 Å². The van der Waals surface area contributed by atoms with Gasteiger partial charge in [0.2, 0.25) is 0 Å². The van der Waals surface area contributed by atoms with Gasteiger partial charge in [0, 0.05) is 46.3 Å². The second-order valence-electron chi connectivity index (χ2n) is 5.01. The average molecular weight is 330 g/mol. The van der Waals surface area contributed by atoms with Gasteiger partial charge in [-0.05, 0) is 0 Å². The number of aromatic nitrogens is 2. The molecular weight excluding hydrogens is 308 g/mol. The third-order valence-electron chi connectivity index (χ3n) is 3.21. The van der Waals surface area contributed by atoms with Crippen LogP contribution in [0.15, 0.2) is 12.3 Å². The molecular formula is C12H22N6O3S. The summed E-state index contributed by atoms with van der Waals surface area (Å²) in [5, 5.41) is 11.0. The predicted octanol–water partition coefficient (Wildman–Crippen LogP) is -0.879. The monoisotopic (exact) mass is 330 g/mol. The molecule has 0 unspecified atom stereocenters. The lowest BCUT2D eigenvalue weighted by atomic mass is 10.3. The third kappa shape index (κ3) is 4.77. The van der Waals surface area contributed by atoms with Gasteiger partial charge in [-0.2, -0.15) is 17.8 Å².